The van der Waals surface area contributed by atoms with Gasteiger partial charge in [-0.2, -0.15) is 10.2 Å². The minimum atomic E-state index is -0.606. The lowest BCUT2D eigenvalue weighted by atomic mass is 10.1. The van der Waals surface area contributed by atoms with Crippen molar-refractivity contribution in [2.45, 2.75) is 6.54 Å². The van der Waals surface area contributed by atoms with Crippen molar-refractivity contribution in [3.8, 4) is 6.07 Å². The number of aliphatic imine (C=N–C) groups is 1. The number of primary amides is 1. The first-order valence-electron chi connectivity index (χ1n) is 7.85. The van der Waals surface area contributed by atoms with E-state index < -0.39 is 11.7 Å². The number of aromatic nitrogens is 2. The van der Waals surface area contributed by atoms with Crippen molar-refractivity contribution in [1.29, 1.82) is 5.26 Å². The molecule has 0 aliphatic rings. The van der Waals surface area contributed by atoms with Gasteiger partial charge in [-0.15, -0.1) is 0 Å². The number of rotatable bonds is 8. The number of allylic oxidation sites excluding steroid dienone is 1. The van der Waals surface area contributed by atoms with Gasteiger partial charge in [-0.1, -0.05) is 23.7 Å². The zero-order valence-electron chi connectivity index (χ0n) is 14.5. The Morgan fingerprint density at radius 2 is 2.25 bits per heavy atom. The lowest BCUT2D eigenvalue weighted by molar-refractivity contribution is -0.116. The van der Waals surface area contributed by atoms with E-state index in [-0.39, 0.29) is 35.4 Å². The summed E-state index contributed by atoms with van der Waals surface area (Å²) in [6.45, 7) is -0.0708. The summed E-state index contributed by atoms with van der Waals surface area (Å²) in [6, 6.07) is 6.16. The highest BCUT2D eigenvalue weighted by molar-refractivity contribution is 6.32. The van der Waals surface area contributed by atoms with Gasteiger partial charge in [-0.25, -0.2) is 9.37 Å². The molecule has 1 amide bonds. The second-order valence-corrected chi connectivity index (χ2v) is 5.72. The monoisotopic (exact) mass is 402 g/mol. The smallest absolute Gasteiger partial charge is 0.239 e. The summed E-state index contributed by atoms with van der Waals surface area (Å²) in [6.07, 6.45) is 3.87. The molecule has 1 aromatic heterocycles. The number of carbonyl (C=O) groups is 1. The van der Waals surface area contributed by atoms with Crippen LogP contribution in [0.25, 0.3) is 0 Å². The van der Waals surface area contributed by atoms with Crippen LogP contribution < -0.4 is 22.1 Å². The summed E-state index contributed by atoms with van der Waals surface area (Å²) >= 11 is 6.08. The lowest BCUT2D eigenvalue weighted by Gasteiger charge is -2.11. The molecule has 28 heavy (non-hydrogen) atoms. The van der Waals surface area contributed by atoms with Gasteiger partial charge in [0.15, 0.2) is 5.82 Å². The third-order valence-corrected chi connectivity index (χ3v) is 3.59. The Kier molecular flexibility index (Phi) is 7.24. The number of carbonyl (C=O) groups excluding carboxylic acids is 1. The number of nitriles is 1. The summed E-state index contributed by atoms with van der Waals surface area (Å²) < 4.78 is 13.7. The Balaban J connectivity index is 2.13. The maximum atomic E-state index is 13.7. The molecule has 2 aromatic rings. The number of nitrogens with zero attached hydrogens (tertiary/aromatic N) is 4. The summed E-state index contributed by atoms with van der Waals surface area (Å²) in [4.78, 5) is 22.7. The van der Waals surface area contributed by atoms with Crippen LogP contribution in [0.15, 0.2) is 41.3 Å². The molecule has 2 rings (SSSR count). The van der Waals surface area contributed by atoms with Crippen molar-refractivity contribution in [1.82, 2.24) is 9.97 Å². The zero-order valence-corrected chi connectivity index (χ0v) is 15.2. The molecule has 0 saturated heterocycles. The van der Waals surface area contributed by atoms with Crippen molar-refractivity contribution in [3.63, 3.8) is 0 Å². The molecule has 0 unspecified atom stereocenters. The number of anilines is 2. The Morgan fingerprint density at radius 1 is 1.46 bits per heavy atom. The number of hydrogen-bond donors (Lipinski definition) is 4. The molecule has 0 aliphatic heterocycles. The van der Waals surface area contributed by atoms with Crippen molar-refractivity contribution >= 4 is 35.5 Å². The summed E-state index contributed by atoms with van der Waals surface area (Å²) in [5.41, 5.74) is 11.2. The molecule has 0 spiro atoms. The van der Waals surface area contributed by atoms with Crippen LogP contribution in [0.1, 0.15) is 11.1 Å². The molecular formula is C17H16ClFN8O. The fourth-order valence-electron chi connectivity index (χ4n) is 2.05. The molecule has 0 bridgehead atoms. The molecule has 144 valence electrons. The van der Waals surface area contributed by atoms with Crippen molar-refractivity contribution in [2.75, 3.05) is 17.2 Å². The highest BCUT2D eigenvalue weighted by Crippen LogP contribution is 2.21. The quantitative estimate of drug-likeness (QED) is 0.488. The van der Waals surface area contributed by atoms with E-state index in [4.69, 9.17) is 28.3 Å². The molecule has 0 atom stereocenters. The first kappa shape index (κ1) is 20.6. The van der Waals surface area contributed by atoms with Crippen LogP contribution in [0, 0.1) is 17.1 Å². The Hall–Kier alpha value is -3.71. The number of nitrogens with one attached hydrogen (secondary N) is 2. The van der Waals surface area contributed by atoms with Gasteiger partial charge in [0.05, 0.1) is 17.5 Å². The molecule has 11 heteroatoms. The van der Waals surface area contributed by atoms with Gasteiger partial charge < -0.3 is 22.1 Å². The van der Waals surface area contributed by atoms with E-state index in [1.807, 2.05) is 6.07 Å². The van der Waals surface area contributed by atoms with Crippen LogP contribution in [0.2, 0.25) is 5.02 Å². The van der Waals surface area contributed by atoms with E-state index in [9.17, 15) is 9.18 Å². The number of hydrogen-bond acceptors (Lipinski definition) is 8. The predicted molar refractivity (Wildman–Crippen MR) is 104 cm³/mol. The topological polar surface area (TPSA) is 155 Å². The molecule has 0 fully saturated rings. The maximum absolute atomic E-state index is 13.7. The lowest BCUT2D eigenvalue weighted by Crippen LogP contribution is -2.15. The second-order valence-electron chi connectivity index (χ2n) is 5.31. The highest BCUT2D eigenvalue weighted by Gasteiger charge is 2.10. The molecule has 9 nitrogen and oxygen atoms in total. The van der Waals surface area contributed by atoms with Crippen molar-refractivity contribution in [3.05, 3.63) is 58.3 Å². The van der Waals surface area contributed by atoms with Crippen molar-refractivity contribution < 1.29 is 9.18 Å². The van der Waals surface area contributed by atoms with E-state index in [0.717, 1.165) is 0 Å². The molecule has 0 saturated carbocycles. The van der Waals surface area contributed by atoms with E-state index >= 15 is 0 Å². The summed E-state index contributed by atoms with van der Waals surface area (Å²) in [5, 5.41) is 15.0. The van der Waals surface area contributed by atoms with E-state index in [2.05, 4.69) is 25.6 Å². The Bertz CT molecular complexity index is 970. The average molecular weight is 403 g/mol. The fraction of sp³-hybridized carbons (Fsp3) is 0.118. The van der Waals surface area contributed by atoms with Gasteiger partial charge in [0, 0.05) is 19.0 Å². The normalized spacial score (nSPS) is 11.2. The molecule has 1 heterocycles. The van der Waals surface area contributed by atoms with Crippen molar-refractivity contribution in [2.24, 2.45) is 16.5 Å². The molecule has 0 aliphatic carbocycles. The summed E-state index contributed by atoms with van der Waals surface area (Å²) in [7, 11) is 0. The number of amides is 1. The van der Waals surface area contributed by atoms with Crippen LogP contribution in [-0.2, 0) is 11.3 Å². The third-order valence-electron chi connectivity index (χ3n) is 3.32. The molecule has 6 N–H and O–H groups in total. The van der Waals surface area contributed by atoms with E-state index in [1.165, 1.54) is 30.7 Å². The number of halogens is 2. The number of benzene rings is 1. The van der Waals surface area contributed by atoms with Gasteiger partial charge in [-0.05, 0) is 11.6 Å². The largest absolute Gasteiger partial charge is 0.403 e. The second kappa shape index (κ2) is 9.84. The standard InChI is InChI=1S/C17H16ClFN8O/c18-13-8-25-17(26-11(4-20)7-23-9-15(22)28)27-16(13)24-6-10-2-1-3-14(19)12(10)5-21/h1-4,7-8H,6,9,20H2,(H2,22,28)(H2,24,25,26,27)/b11-4+,23-7?. The highest BCUT2D eigenvalue weighted by atomic mass is 35.5. The predicted octanol–water partition coefficient (Wildman–Crippen LogP) is 1.52. The molecular weight excluding hydrogens is 387 g/mol. The van der Waals surface area contributed by atoms with Crippen LogP contribution in [0.4, 0.5) is 16.2 Å². The van der Waals surface area contributed by atoms with Gasteiger partial charge in [-0.3, -0.25) is 9.79 Å². The van der Waals surface area contributed by atoms with Crippen LogP contribution in [-0.4, -0.2) is 28.6 Å². The van der Waals surface area contributed by atoms with Gasteiger partial charge >= 0.3 is 0 Å². The zero-order chi connectivity index (χ0) is 20.5. The molecule has 0 radical (unpaired) electrons. The summed E-state index contributed by atoms with van der Waals surface area (Å²) in [5.74, 6) is -0.784. The Morgan fingerprint density at radius 3 is 2.93 bits per heavy atom. The Labute approximate surface area is 164 Å². The van der Waals surface area contributed by atoms with Gasteiger partial charge in [0.2, 0.25) is 11.9 Å². The molecule has 1 aromatic carbocycles. The van der Waals surface area contributed by atoms with Gasteiger partial charge in [0.25, 0.3) is 0 Å². The SMILES string of the molecule is N#Cc1c(F)cccc1CNc1nc(N/C(C=NCC(N)=O)=C/N)ncc1Cl. The average Bonchev–Trinajstić information content (AvgIpc) is 2.67. The van der Waals surface area contributed by atoms with Crippen LogP contribution in [0.5, 0.6) is 0 Å². The van der Waals surface area contributed by atoms with Gasteiger partial charge in [0.1, 0.15) is 23.5 Å². The van der Waals surface area contributed by atoms with Crippen LogP contribution >= 0.6 is 11.6 Å². The first-order valence-corrected chi connectivity index (χ1v) is 8.23. The maximum Gasteiger partial charge on any atom is 0.239 e. The van der Waals surface area contributed by atoms with E-state index in [1.54, 1.807) is 6.07 Å². The third kappa shape index (κ3) is 5.65. The van der Waals surface area contributed by atoms with Crippen LogP contribution in [0.3, 0.4) is 0 Å². The van der Waals surface area contributed by atoms with E-state index in [0.29, 0.717) is 11.3 Å². The minimum Gasteiger partial charge on any atom is -0.403 e. The minimum absolute atomic E-state index is 0.0578. The fourth-order valence-corrected chi connectivity index (χ4v) is 2.21. The number of nitrogens with two attached hydrogens (primary N) is 2. The first-order chi connectivity index (χ1) is 13.4.